The zero-order chi connectivity index (χ0) is 13.7. The van der Waals surface area contributed by atoms with E-state index in [9.17, 15) is 4.79 Å². The number of nitrogens with one attached hydrogen (secondary N) is 2. The van der Waals surface area contributed by atoms with Crippen molar-refractivity contribution in [2.45, 2.75) is 25.8 Å². The second-order valence-electron chi connectivity index (χ2n) is 4.39. The van der Waals surface area contributed by atoms with Crippen LogP contribution in [0.1, 0.15) is 31.6 Å². The summed E-state index contributed by atoms with van der Waals surface area (Å²) >= 11 is 1.77. The Morgan fingerprint density at radius 3 is 2.95 bits per heavy atom. The molecule has 0 bridgehead atoms. The molecule has 19 heavy (non-hydrogen) atoms. The highest BCUT2D eigenvalue weighted by molar-refractivity contribution is 7.98. The number of nitrogens with zero attached hydrogens (tertiary/aromatic N) is 1. The maximum Gasteiger partial charge on any atom is 0.220 e. The number of amides is 1. The number of carbonyl (C=O) groups is 1. The molecular weight excluding hydrogens is 258 g/mol. The van der Waals surface area contributed by atoms with Crippen molar-refractivity contribution in [2.24, 2.45) is 0 Å². The number of para-hydroxylation sites is 2. The zero-order valence-corrected chi connectivity index (χ0v) is 12.1. The molecule has 0 unspecified atom stereocenters. The third kappa shape index (κ3) is 3.50. The number of rotatable bonds is 6. The Morgan fingerprint density at radius 1 is 1.47 bits per heavy atom. The minimum Gasteiger partial charge on any atom is -0.346 e. The van der Waals surface area contributed by atoms with Crippen molar-refractivity contribution < 1.29 is 4.79 Å². The standard InChI is InChI=1S/C14H19N3OS/c1-3-13(18)15-12(8-9-19-2)14-16-10-6-4-5-7-11(10)17-14/h4-7,12H,3,8-9H2,1-2H3,(H,15,18)(H,16,17)/t12-/m0/s1. The summed E-state index contributed by atoms with van der Waals surface area (Å²) in [7, 11) is 0. The van der Waals surface area contributed by atoms with Gasteiger partial charge in [-0.3, -0.25) is 4.79 Å². The smallest absolute Gasteiger partial charge is 0.220 e. The van der Waals surface area contributed by atoms with Crippen LogP contribution in [0.3, 0.4) is 0 Å². The molecule has 0 aliphatic rings. The van der Waals surface area contributed by atoms with Gasteiger partial charge in [0.25, 0.3) is 0 Å². The molecule has 2 N–H and O–H groups in total. The molecule has 0 fully saturated rings. The summed E-state index contributed by atoms with van der Waals surface area (Å²) in [6.07, 6.45) is 3.44. The number of carbonyl (C=O) groups excluding carboxylic acids is 1. The molecule has 0 saturated heterocycles. The molecule has 0 aliphatic carbocycles. The summed E-state index contributed by atoms with van der Waals surface area (Å²) in [5.74, 6) is 1.90. The van der Waals surface area contributed by atoms with Crippen LogP contribution in [0.5, 0.6) is 0 Å². The molecule has 0 saturated carbocycles. The van der Waals surface area contributed by atoms with Crippen LogP contribution in [0, 0.1) is 0 Å². The lowest BCUT2D eigenvalue weighted by Crippen LogP contribution is -2.29. The van der Waals surface area contributed by atoms with E-state index < -0.39 is 0 Å². The van der Waals surface area contributed by atoms with E-state index >= 15 is 0 Å². The average molecular weight is 277 g/mol. The number of hydrogen-bond acceptors (Lipinski definition) is 3. The van der Waals surface area contributed by atoms with Crippen LogP contribution in [0.15, 0.2) is 24.3 Å². The fraction of sp³-hybridized carbons (Fsp3) is 0.429. The van der Waals surface area contributed by atoms with Crippen molar-refractivity contribution in [2.75, 3.05) is 12.0 Å². The van der Waals surface area contributed by atoms with Crippen LogP contribution in [-0.2, 0) is 4.79 Å². The van der Waals surface area contributed by atoms with Crippen molar-refractivity contribution in [3.63, 3.8) is 0 Å². The van der Waals surface area contributed by atoms with E-state index in [4.69, 9.17) is 0 Å². The molecule has 2 rings (SSSR count). The number of aromatic nitrogens is 2. The summed E-state index contributed by atoms with van der Waals surface area (Å²) in [6.45, 7) is 1.86. The Bertz CT molecular complexity index is 519. The van der Waals surface area contributed by atoms with Crippen LogP contribution in [-0.4, -0.2) is 27.9 Å². The first kappa shape index (κ1) is 13.9. The fourth-order valence-electron chi connectivity index (χ4n) is 1.95. The first-order valence-electron chi connectivity index (χ1n) is 6.47. The SMILES string of the molecule is CCC(=O)N[C@@H](CCSC)c1nc2ccccc2[nH]1. The topological polar surface area (TPSA) is 57.8 Å². The van der Waals surface area contributed by atoms with Crippen molar-refractivity contribution in [1.29, 1.82) is 0 Å². The number of H-pyrrole nitrogens is 1. The predicted molar refractivity (Wildman–Crippen MR) is 80.3 cm³/mol. The van der Waals surface area contributed by atoms with Crippen molar-refractivity contribution >= 4 is 28.7 Å². The van der Waals surface area contributed by atoms with Crippen LogP contribution in [0.4, 0.5) is 0 Å². The number of benzene rings is 1. The van der Waals surface area contributed by atoms with Crippen LogP contribution in [0.25, 0.3) is 11.0 Å². The van der Waals surface area contributed by atoms with Gasteiger partial charge < -0.3 is 10.3 Å². The van der Waals surface area contributed by atoms with Gasteiger partial charge >= 0.3 is 0 Å². The van der Waals surface area contributed by atoms with Crippen LogP contribution >= 0.6 is 11.8 Å². The molecule has 5 heteroatoms. The third-order valence-electron chi connectivity index (χ3n) is 3.00. The van der Waals surface area contributed by atoms with Gasteiger partial charge in [-0.15, -0.1) is 0 Å². The van der Waals surface area contributed by atoms with Gasteiger partial charge in [-0.2, -0.15) is 11.8 Å². The molecule has 1 aromatic heterocycles. The lowest BCUT2D eigenvalue weighted by atomic mass is 10.2. The molecule has 2 aromatic rings. The molecule has 1 atom stereocenters. The van der Waals surface area contributed by atoms with Crippen molar-refractivity contribution in [3.8, 4) is 0 Å². The van der Waals surface area contributed by atoms with Gasteiger partial charge in [0, 0.05) is 6.42 Å². The van der Waals surface area contributed by atoms with Gasteiger partial charge in [-0.05, 0) is 30.6 Å². The summed E-state index contributed by atoms with van der Waals surface area (Å²) in [5, 5.41) is 3.03. The molecule has 0 radical (unpaired) electrons. The number of aromatic amines is 1. The minimum absolute atomic E-state index is 0.0349. The number of fused-ring (bicyclic) bond motifs is 1. The van der Waals surface area contributed by atoms with Crippen molar-refractivity contribution in [3.05, 3.63) is 30.1 Å². The average Bonchev–Trinajstić information content (AvgIpc) is 2.86. The van der Waals surface area contributed by atoms with E-state index in [-0.39, 0.29) is 11.9 Å². The van der Waals surface area contributed by atoms with Crippen LogP contribution in [0.2, 0.25) is 0 Å². The second-order valence-corrected chi connectivity index (χ2v) is 5.38. The monoisotopic (exact) mass is 277 g/mol. The quantitative estimate of drug-likeness (QED) is 0.853. The van der Waals surface area contributed by atoms with Crippen LogP contribution < -0.4 is 5.32 Å². The Morgan fingerprint density at radius 2 is 2.26 bits per heavy atom. The van der Waals surface area contributed by atoms with Gasteiger partial charge in [0.05, 0.1) is 17.1 Å². The van der Waals surface area contributed by atoms with Gasteiger partial charge in [-0.25, -0.2) is 4.98 Å². The van der Waals surface area contributed by atoms with Gasteiger partial charge in [0.2, 0.25) is 5.91 Å². The molecular formula is C14H19N3OS. The van der Waals surface area contributed by atoms with Crippen molar-refractivity contribution in [1.82, 2.24) is 15.3 Å². The molecule has 1 amide bonds. The summed E-state index contributed by atoms with van der Waals surface area (Å²) < 4.78 is 0. The molecule has 1 heterocycles. The third-order valence-corrected chi connectivity index (χ3v) is 3.65. The first-order valence-corrected chi connectivity index (χ1v) is 7.87. The number of thioether (sulfide) groups is 1. The largest absolute Gasteiger partial charge is 0.346 e. The summed E-state index contributed by atoms with van der Waals surface area (Å²) in [5.41, 5.74) is 1.95. The van der Waals surface area contributed by atoms with E-state index in [0.717, 1.165) is 29.0 Å². The predicted octanol–water partition coefficient (Wildman–Crippen LogP) is 2.88. The van der Waals surface area contributed by atoms with Gasteiger partial charge in [0.15, 0.2) is 0 Å². The normalized spacial score (nSPS) is 12.5. The Hall–Kier alpha value is -1.49. The molecule has 102 valence electrons. The number of hydrogen-bond donors (Lipinski definition) is 2. The van der Waals surface area contributed by atoms with E-state index in [2.05, 4.69) is 21.5 Å². The van der Waals surface area contributed by atoms with Gasteiger partial charge in [0.1, 0.15) is 5.82 Å². The second kappa shape index (κ2) is 6.61. The van der Waals surface area contributed by atoms with Gasteiger partial charge in [-0.1, -0.05) is 19.1 Å². The lowest BCUT2D eigenvalue weighted by Gasteiger charge is -2.15. The number of imidazole rings is 1. The van der Waals surface area contributed by atoms with E-state index in [1.165, 1.54) is 0 Å². The highest BCUT2D eigenvalue weighted by Crippen LogP contribution is 2.20. The molecule has 0 aliphatic heterocycles. The lowest BCUT2D eigenvalue weighted by molar-refractivity contribution is -0.121. The highest BCUT2D eigenvalue weighted by Gasteiger charge is 2.17. The Kier molecular flexibility index (Phi) is 4.85. The van der Waals surface area contributed by atoms with E-state index in [1.54, 1.807) is 11.8 Å². The maximum atomic E-state index is 11.6. The molecule has 4 nitrogen and oxygen atoms in total. The van der Waals surface area contributed by atoms with E-state index in [0.29, 0.717) is 6.42 Å². The minimum atomic E-state index is -0.0349. The molecule has 1 aromatic carbocycles. The maximum absolute atomic E-state index is 11.6. The molecule has 0 spiro atoms. The summed E-state index contributed by atoms with van der Waals surface area (Å²) in [6, 6.07) is 7.88. The Labute approximate surface area is 117 Å². The fourth-order valence-corrected chi connectivity index (χ4v) is 2.42. The van der Waals surface area contributed by atoms with E-state index in [1.807, 2.05) is 31.2 Å². The summed E-state index contributed by atoms with van der Waals surface area (Å²) in [4.78, 5) is 19.5. The highest BCUT2D eigenvalue weighted by atomic mass is 32.2. The zero-order valence-electron chi connectivity index (χ0n) is 11.3. The first-order chi connectivity index (χ1) is 9.24. The Balaban J connectivity index is 2.22.